The van der Waals surface area contributed by atoms with E-state index in [0.29, 0.717) is 16.7 Å². The first-order chi connectivity index (χ1) is 16.2. The molecule has 0 amide bonds. The molecule has 0 aromatic heterocycles. The van der Waals surface area contributed by atoms with Gasteiger partial charge >= 0.3 is 11.9 Å². The Balaban J connectivity index is 1.65. The lowest BCUT2D eigenvalue weighted by atomic mass is 9.96. The van der Waals surface area contributed by atoms with Gasteiger partial charge in [-0.1, -0.05) is 84.9 Å². The molecule has 0 saturated heterocycles. The van der Waals surface area contributed by atoms with Crippen LogP contribution in [0.5, 0.6) is 0 Å². The third kappa shape index (κ3) is 4.19. The van der Waals surface area contributed by atoms with Crippen molar-refractivity contribution < 1.29 is 19.1 Å². The summed E-state index contributed by atoms with van der Waals surface area (Å²) in [6.45, 7) is 0. The Kier molecular flexibility index (Phi) is 5.56. The van der Waals surface area contributed by atoms with Crippen LogP contribution in [0.25, 0.3) is 21.5 Å². The molecule has 0 unspecified atom stereocenters. The van der Waals surface area contributed by atoms with E-state index in [9.17, 15) is 9.59 Å². The summed E-state index contributed by atoms with van der Waals surface area (Å²) in [5.74, 6) is -1.14. The molecule has 0 N–H and O–H groups in total. The zero-order valence-electron chi connectivity index (χ0n) is 17.7. The fourth-order valence-corrected chi connectivity index (χ4v) is 3.92. The van der Waals surface area contributed by atoms with Crippen LogP contribution >= 0.6 is 0 Å². The minimum atomic E-state index is -1.23. The lowest BCUT2D eigenvalue weighted by Crippen LogP contribution is -2.19. The Morgan fingerprint density at radius 1 is 0.515 bits per heavy atom. The molecular weight excluding hydrogens is 412 g/mol. The van der Waals surface area contributed by atoms with E-state index < -0.39 is 18.2 Å². The number of carbonyl (C=O) groups excluding carboxylic acids is 2. The highest BCUT2D eigenvalue weighted by molar-refractivity contribution is 6.03. The van der Waals surface area contributed by atoms with E-state index in [4.69, 9.17) is 9.47 Å². The maximum atomic E-state index is 13.0. The number of rotatable bonds is 5. The highest BCUT2D eigenvalue weighted by Gasteiger charge is 2.27. The lowest BCUT2D eigenvalue weighted by molar-refractivity contribution is -0.0808. The van der Waals surface area contributed by atoms with Crippen molar-refractivity contribution in [2.45, 2.75) is 6.29 Å². The molecule has 4 heteroatoms. The summed E-state index contributed by atoms with van der Waals surface area (Å²) < 4.78 is 11.7. The number of fused-ring (bicyclic) bond motifs is 2. The van der Waals surface area contributed by atoms with Crippen molar-refractivity contribution in [1.82, 2.24) is 0 Å². The highest BCUT2D eigenvalue weighted by atomic mass is 16.7. The Labute approximate surface area is 191 Å². The average Bonchev–Trinajstić information content (AvgIpc) is 2.88. The Hall–Kier alpha value is -4.44. The summed E-state index contributed by atoms with van der Waals surface area (Å²) >= 11 is 0. The predicted molar refractivity (Wildman–Crippen MR) is 128 cm³/mol. The van der Waals surface area contributed by atoms with Gasteiger partial charge in [-0.25, -0.2) is 9.59 Å². The molecule has 5 aromatic rings. The summed E-state index contributed by atoms with van der Waals surface area (Å²) in [6.07, 6.45) is -1.23. The zero-order chi connectivity index (χ0) is 22.6. The normalized spacial score (nSPS) is 10.9. The molecule has 0 atom stereocenters. The molecule has 160 valence electrons. The number of esters is 2. The number of ether oxygens (including phenoxy) is 2. The monoisotopic (exact) mass is 432 g/mol. The molecule has 0 aliphatic heterocycles. The molecule has 0 aliphatic carbocycles. The standard InChI is InChI=1S/C29H20O4/c30-27(20-11-3-1-4-12-20)32-29(33-28(31)21-13-5-2-6-14-21)26-24-17-9-7-15-22(24)19-23-16-8-10-18-25(23)26/h1-19,29H. The van der Waals surface area contributed by atoms with Crippen LogP contribution in [0.4, 0.5) is 0 Å². The zero-order valence-corrected chi connectivity index (χ0v) is 17.7. The number of carbonyl (C=O) groups is 2. The Morgan fingerprint density at radius 2 is 0.909 bits per heavy atom. The van der Waals surface area contributed by atoms with Gasteiger partial charge in [0, 0.05) is 5.56 Å². The third-order valence-corrected chi connectivity index (χ3v) is 5.50. The van der Waals surface area contributed by atoms with Crippen LogP contribution in [-0.2, 0) is 9.47 Å². The van der Waals surface area contributed by atoms with Gasteiger partial charge in [0.1, 0.15) is 0 Å². The molecule has 0 heterocycles. The Bertz CT molecular complexity index is 1340. The van der Waals surface area contributed by atoms with Gasteiger partial charge in [-0.05, 0) is 51.9 Å². The van der Waals surface area contributed by atoms with Crippen LogP contribution in [-0.4, -0.2) is 11.9 Å². The second-order valence-electron chi connectivity index (χ2n) is 7.61. The summed E-state index contributed by atoms with van der Waals surface area (Å²) in [7, 11) is 0. The van der Waals surface area contributed by atoms with Crippen molar-refractivity contribution in [3.8, 4) is 0 Å². The van der Waals surface area contributed by atoms with Crippen LogP contribution in [0.1, 0.15) is 32.6 Å². The van der Waals surface area contributed by atoms with Gasteiger partial charge < -0.3 is 9.47 Å². The minimum Gasteiger partial charge on any atom is -0.417 e. The molecule has 4 nitrogen and oxygen atoms in total. The lowest BCUT2D eigenvalue weighted by Gasteiger charge is -2.22. The highest BCUT2D eigenvalue weighted by Crippen LogP contribution is 2.36. The van der Waals surface area contributed by atoms with Gasteiger partial charge in [0.05, 0.1) is 11.1 Å². The molecule has 0 radical (unpaired) electrons. The fourth-order valence-electron chi connectivity index (χ4n) is 3.92. The summed E-state index contributed by atoms with van der Waals surface area (Å²) in [5.41, 5.74) is 1.39. The van der Waals surface area contributed by atoms with Crippen LogP contribution in [0.15, 0.2) is 115 Å². The van der Waals surface area contributed by atoms with Crippen LogP contribution in [0, 0.1) is 0 Å². The number of benzene rings is 5. The molecule has 0 aliphatic rings. The van der Waals surface area contributed by atoms with Crippen LogP contribution in [0.3, 0.4) is 0 Å². The second-order valence-corrected chi connectivity index (χ2v) is 7.61. The number of hydrogen-bond donors (Lipinski definition) is 0. The van der Waals surface area contributed by atoms with Gasteiger partial charge in [0.2, 0.25) is 0 Å². The van der Waals surface area contributed by atoms with Crippen LogP contribution < -0.4 is 0 Å². The van der Waals surface area contributed by atoms with E-state index in [1.54, 1.807) is 48.5 Å². The van der Waals surface area contributed by atoms with Crippen molar-refractivity contribution >= 4 is 33.5 Å². The molecule has 0 fully saturated rings. The van der Waals surface area contributed by atoms with Crippen molar-refractivity contribution in [3.05, 3.63) is 132 Å². The van der Waals surface area contributed by atoms with E-state index in [1.165, 1.54) is 0 Å². The summed E-state index contributed by atoms with van der Waals surface area (Å²) in [6, 6.07) is 35.0. The first kappa shape index (κ1) is 20.5. The van der Waals surface area contributed by atoms with Gasteiger partial charge in [-0.3, -0.25) is 0 Å². The summed E-state index contributed by atoms with van der Waals surface area (Å²) in [5, 5.41) is 3.62. The molecular formula is C29H20O4. The third-order valence-electron chi connectivity index (χ3n) is 5.50. The quantitative estimate of drug-likeness (QED) is 0.176. The van der Waals surface area contributed by atoms with Gasteiger partial charge in [0.15, 0.2) is 0 Å². The minimum absolute atomic E-state index is 0.378. The smallest absolute Gasteiger partial charge is 0.341 e. The van der Waals surface area contributed by atoms with Crippen molar-refractivity contribution in [2.75, 3.05) is 0 Å². The SMILES string of the molecule is O=C(OC(OC(=O)c1ccccc1)c1c2ccccc2cc2ccccc12)c1ccccc1. The fraction of sp³-hybridized carbons (Fsp3) is 0.0345. The number of hydrogen-bond acceptors (Lipinski definition) is 4. The van der Waals surface area contributed by atoms with E-state index in [1.807, 2.05) is 60.7 Å². The van der Waals surface area contributed by atoms with E-state index in [2.05, 4.69) is 6.07 Å². The van der Waals surface area contributed by atoms with E-state index >= 15 is 0 Å². The largest absolute Gasteiger partial charge is 0.417 e. The van der Waals surface area contributed by atoms with E-state index in [-0.39, 0.29) is 0 Å². The first-order valence-electron chi connectivity index (χ1n) is 10.6. The first-order valence-corrected chi connectivity index (χ1v) is 10.6. The topological polar surface area (TPSA) is 52.6 Å². The van der Waals surface area contributed by atoms with Gasteiger partial charge in [-0.15, -0.1) is 0 Å². The van der Waals surface area contributed by atoms with Gasteiger partial charge in [0.25, 0.3) is 6.29 Å². The second kappa shape index (κ2) is 8.97. The Morgan fingerprint density at radius 3 is 1.36 bits per heavy atom. The molecule has 0 spiro atoms. The molecule has 0 bridgehead atoms. The molecule has 5 rings (SSSR count). The maximum absolute atomic E-state index is 13.0. The van der Waals surface area contributed by atoms with Gasteiger partial charge in [-0.2, -0.15) is 0 Å². The summed E-state index contributed by atoms with van der Waals surface area (Å²) in [4.78, 5) is 26.0. The molecule has 0 saturated carbocycles. The van der Waals surface area contributed by atoms with Crippen molar-refractivity contribution in [1.29, 1.82) is 0 Å². The molecule has 5 aromatic carbocycles. The maximum Gasteiger partial charge on any atom is 0.341 e. The molecule has 33 heavy (non-hydrogen) atoms. The average molecular weight is 432 g/mol. The van der Waals surface area contributed by atoms with Crippen molar-refractivity contribution in [3.63, 3.8) is 0 Å². The van der Waals surface area contributed by atoms with Crippen LogP contribution in [0.2, 0.25) is 0 Å². The predicted octanol–water partition coefficient (Wildman–Crippen LogP) is 6.71. The van der Waals surface area contributed by atoms with E-state index in [0.717, 1.165) is 21.5 Å². The van der Waals surface area contributed by atoms with Crippen molar-refractivity contribution in [2.24, 2.45) is 0 Å².